The van der Waals surface area contributed by atoms with Crippen molar-refractivity contribution in [1.82, 2.24) is 19.2 Å². The van der Waals surface area contributed by atoms with Crippen molar-refractivity contribution in [3.05, 3.63) is 30.1 Å². The van der Waals surface area contributed by atoms with Crippen LogP contribution >= 0.6 is 0 Å². The molecular weight excluding hydrogens is 300 g/mol. The van der Waals surface area contributed by atoms with Crippen molar-refractivity contribution in [2.75, 3.05) is 51.1 Å². The van der Waals surface area contributed by atoms with Gasteiger partial charge in [0.2, 0.25) is 0 Å². The van der Waals surface area contributed by atoms with Crippen molar-refractivity contribution in [3.8, 4) is 6.07 Å². The van der Waals surface area contributed by atoms with Crippen molar-refractivity contribution in [1.29, 1.82) is 5.26 Å². The molecule has 1 saturated heterocycles. The third-order valence-electron chi connectivity index (χ3n) is 4.74. The van der Waals surface area contributed by atoms with E-state index in [1.807, 2.05) is 28.8 Å². The highest BCUT2D eigenvalue weighted by Gasteiger charge is 2.18. The highest BCUT2D eigenvalue weighted by atomic mass is 15.3. The fourth-order valence-electron chi connectivity index (χ4n) is 3.29. The number of fused-ring (bicyclic) bond motifs is 1. The number of nitrogens with one attached hydrogen (secondary N) is 1. The van der Waals surface area contributed by atoms with Gasteiger partial charge in [-0.2, -0.15) is 5.26 Å². The number of likely N-dealkylation sites (N-methyl/N-ethyl adjacent to an activating group) is 1. The lowest BCUT2D eigenvalue weighted by Gasteiger charge is -2.35. The van der Waals surface area contributed by atoms with E-state index in [2.05, 4.69) is 40.0 Å². The number of nitrogens with zero attached hydrogens (tertiary/aromatic N) is 5. The predicted octanol–water partition coefficient (Wildman–Crippen LogP) is 1.89. The first kappa shape index (κ1) is 16.7. The Kier molecular flexibility index (Phi) is 5.34. The number of nitriles is 1. The van der Waals surface area contributed by atoms with Gasteiger partial charge in [-0.15, -0.1) is 0 Å². The zero-order valence-electron chi connectivity index (χ0n) is 14.6. The Hall–Kier alpha value is -2.10. The molecular formula is C18H26N6. The second kappa shape index (κ2) is 7.65. The van der Waals surface area contributed by atoms with Gasteiger partial charge in [0, 0.05) is 45.5 Å². The Balaban J connectivity index is 1.55. The molecule has 2 aromatic heterocycles. The average Bonchev–Trinajstić information content (AvgIpc) is 2.98. The average molecular weight is 326 g/mol. The van der Waals surface area contributed by atoms with Gasteiger partial charge >= 0.3 is 0 Å². The van der Waals surface area contributed by atoms with Crippen LogP contribution in [0.2, 0.25) is 0 Å². The van der Waals surface area contributed by atoms with Gasteiger partial charge in [0.05, 0.1) is 0 Å². The van der Waals surface area contributed by atoms with Crippen molar-refractivity contribution in [3.63, 3.8) is 0 Å². The molecule has 1 fully saturated rings. The molecule has 0 saturated carbocycles. The van der Waals surface area contributed by atoms with Crippen LogP contribution in [-0.2, 0) is 0 Å². The maximum Gasteiger partial charge on any atom is 0.168 e. The van der Waals surface area contributed by atoms with E-state index in [4.69, 9.17) is 0 Å². The molecule has 0 unspecified atom stereocenters. The molecule has 0 spiro atoms. The van der Waals surface area contributed by atoms with E-state index in [9.17, 15) is 5.26 Å². The smallest absolute Gasteiger partial charge is 0.168 e. The highest BCUT2D eigenvalue weighted by molar-refractivity contribution is 5.58. The molecule has 1 aliphatic rings. The maximum absolute atomic E-state index is 9.42. The van der Waals surface area contributed by atoms with Crippen molar-refractivity contribution >= 4 is 11.5 Å². The fourth-order valence-corrected chi connectivity index (χ4v) is 3.29. The fraction of sp³-hybridized carbons (Fsp3) is 0.556. The molecule has 0 aromatic carbocycles. The molecule has 6 nitrogen and oxygen atoms in total. The number of hydrogen-bond donors (Lipinski definition) is 1. The lowest BCUT2D eigenvalue weighted by atomic mass is 10.1. The minimum absolute atomic E-state index is 0.509. The molecule has 1 aliphatic heterocycles. The third kappa shape index (κ3) is 3.69. The standard InChI is InChI=1S/C18H26N6/c1-3-22-8-10-23(11-9-22)14-15(2)13-20-18-16(12-19)24-7-5-4-6-17(24)21-18/h4-7,15,20H,3,8-11,13-14H2,1-2H3/t15-/m1/s1. The van der Waals surface area contributed by atoms with Crippen LogP contribution in [0.15, 0.2) is 24.4 Å². The number of imidazole rings is 1. The summed E-state index contributed by atoms with van der Waals surface area (Å²) in [6, 6.07) is 8.03. The second-order valence-electron chi connectivity index (χ2n) is 6.57. The summed E-state index contributed by atoms with van der Waals surface area (Å²) < 4.78 is 1.83. The topological polar surface area (TPSA) is 59.6 Å². The van der Waals surface area contributed by atoms with Crippen LogP contribution in [0.3, 0.4) is 0 Å². The van der Waals surface area contributed by atoms with Gasteiger partial charge in [-0.25, -0.2) is 4.98 Å². The van der Waals surface area contributed by atoms with Crippen LogP contribution in [0.1, 0.15) is 19.5 Å². The van der Waals surface area contributed by atoms with Gasteiger partial charge in [-0.05, 0) is 24.6 Å². The Morgan fingerprint density at radius 3 is 2.71 bits per heavy atom. The van der Waals surface area contributed by atoms with Gasteiger partial charge in [0.25, 0.3) is 0 Å². The first-order valence-corrected chi connectivity index (χ1v) is 8.77. The summed E-state index contributed by atoms with van der Waals surface area (Å²) in [5.41, 5.74) is 1.38. The Morgan fingerprint density at radius 2 is 2.00 bits per heavy atom. The zero-order valence-corrected chi connectivity index (χ0v) is 14.6. The molecule has 0 amide bonds. The van der Waals surface area contributed by atoms with E-state index in [0.29, 0.717) is 17.4 Å². The summed E-state index contributed by atoms with van der Waals surface area (Å²) >= 11 is 0. The predicted molar refractivity (Wildman–Crippen MR) is 96.1 cm³/mol. The van der Waals surface area contributed by atoms with Crippen molar-refractivity contribution in [2.45, 2.75) is 13.8 Å². The lowest BCUT2D eigenvalue weighted by Crippen LogP contribution is -2.47. The van der Waals surface area contributed by atoms with E-state index >= 15 is 0 Å². The van der Waals surface area contributed by atoms with E-state index in [1.165, 1.54) is 13.1 Å². The summed E-state index contributed by atoms with van der Waals surface area (Å²) in [6.07, 6.45) is 1.88. The minimum Gasteiger partial charge on any atom is -0.367 e. The van der Waals surface area contributed by atoms with Crippen LogP contribution in [0.5, 0.6) is 0 Å². The van der Waals surface area contributed by atoms with E-state index in [0.717, 1.165) is 38.4 Å². The molecule has 24 heavy (non-hydrogen) atoms. The Morgan fingerprint density at radius 1 is 1.25 bits per heavy atom. The molecule has 2 aromatic rings. The van der Waals surface area contributed by atoms with Crippen molar-refractivity contribution < 1.29 is 0 Å². The van der Waals surface area contributed by atoms with E-state index in [-0.39, 0.29) is 0 Å². The molecule has 0 bridgehead atoms. The molecule has 3 heterocycles. The summed E-state index contributed by atoms with van der Waals surface area (Å²) in [4.78, 5) is 9.56. The maximum atomic E-state index is 9.42. The summed E-state index contributed by atoms with van der Waals surface area (Å²) in [7, 11) is 0. The number of aromatic nitrogens is 2. The first-order valence-electron chi connectivity index (χ1n) is 8.77. The molecule has 3 rings (SSSR count). The lowest BCUT2D eigenvalue weighted by molar-refractivity contribution is 0.126. The van der Waals surface area contributed by atoms with E-state index in [1.54, 1.807) is 0 Å². The van der Waals surface area contributed by atoms with Gasteiger partial charge in [0.1, 0.15) is 11.7 Å². The molecule has 0 aliphatic carbocycles. The van der Waals surface area contributed by atoms with Crippen LogP contribution in [0, 0.1) is 17.2 Å². The van der Waals surface area contributed by atoms with Crippen LogP contribution in [-0.4, -0.2) is 65.0 Å². The monoisotopic (exact) mass is 326 g/mol. The van der Waals surface area contributed by atoms with Gasteiger partial charge in [-0.1, -0.05) is 19.9 Å². The number of rotatable bonds is 6. The van der Waals surface area contributed by atoms with E-state index < -0.39 is 0 Å². The normalized spacial score (nSPS) is 17.7. The first-order chi connectivity index (χ1) is 11.7. The van der Waals surface area contributed by atoms with Gasteiger partial charge in [0.15, 0.2) is 11.5 Å². The quantitative estimate of drug-likeness (QED) is 0.878. The SMILES string of the molecule is CCN1CCN(C[C@H](C)CNc2nc3ccccn3c2C#N)CC1. The highest BCUT2D eigenvalue weighted by Crippen LogP contribution is 2.17. The summed E-state index contributed by atoms with van der Waals surface area (Å²) in [5, 5.41) is 12.8. The van der Waals surface area contributed by atoms with Crippen LogP contribution in [0.4, 0.5) is 5.82 Å². The van der Waals surface area contributed by atoms with Crippen LogP contribution in [0.25, 0.3) is 5.65 Å². The molecule has 6 heteroatoms. The van der Waals surface area contributed by atoms with Gasteiger partial charge in [-0.3, -0.25) is 4.40 Å². The minimum atomic E-state index is 0.509. The number of hydrogen-bond acceptors (Lipinski definition) is 5. The zero-order chi connectivity index (χ0) is 16.9. The number of piperazine rings is 1. The number of pyridine rings is 1. The van der Waals surface area contributed by atoms with Crippen LogP contribution < -0.4 is 5.32 Å². The largest absolute Gasteiger partial charge is 0.367 e. The van der Waals surface area contributed by atoms with Gasteiger partial charge < -0.3 is 15.1 Å². The Bertz CT molecular complexity index is 708. The summed E-state index contributed by atoms with van der Waals surface area (Å²) in [6.45, 7) is 12.2. The molecule has 1 N–H and O–H groups in total. The third-order valence-corrected chi connectivity index (χ3v) is 4.74. The summed E-state index contributed by atoms with van der Waals surface area (Å²) in [5.74, 6) is 1.20. The van der Waals surface area contributed by atoms with Crippen molar-refractivity contribution in [2.24, 2.45) is 5.92 Å². The molecule has 128 valence electrons. The number of anilines is 1. The Labute approximate surface area is 143 Å². The second-order valence-corrected chi connectivity index (χ2v) is 6.57. The molecule has 1 atom stereocenters. The molecule has 0 radical (unpaired) electrons.